The quantitative estimate of drug-likeness (QED) is 0.906. The zero-order chi connectivity index (χ0) is 13.9. The number of alkyl halides is 3. The van der Waals surface area contributed by atoms with E-state index >= 15 is 0 Å². The summed E-state index contributed by atoms with van der Waals surface area (Å²) in [6.07, 6.45) is -0.351. The number of carbonyl (C=O) groups is 1. The highest BCUT2D eigenvalue weighted by Crippen LogP contribution is 2.26. The molecule has 0 spiro atoms. The lowest BCUT2D eigenvalue weighted by atomic mass is 10.3. The SMILES string of the molecule is O=C(Nc1ccncc1)c1cnc(C(F)(F)F)cn1. The van der Waals surface area contributed by atoms with Crippen LogP contribution in [0.2, 0.25) is 0 Å². The standard InChI is InChI=1S/C11H7F3N4O/c12-11(13,14)9-6-16-8(5-17-9)10(19)18-7-1-3-15-4-2-7/h1-6H,(H,15,18,19). The number of hydrogen-bond donors (Lipinski definition) is 1. The largest absolute Gasteiger partial charge is 0.434 e. The molecule has 5 nitrogen and oxygen atoms in total. The number of nitrogens with zero attached hydrogens (tertiary/aromatic N) is 3. The van der Waals surface area contributed by atoms with Gasteiger partial charge in [-0.15, -0.1) is 0 Å². The number of hydrogen-bond acceptors (Lipinski definition) is 4. The van der Waals surface area contributed by atoms with Gasteiger partial charge in [-0.25, -0.2) is 9.97 Å². The summed E-state index contributed by atoms with van der Waals surface area (Å²) in [6, 6.07) is 3.07. The van der Waals surface area contributed by atoms with Crippen molar-refractivity contribution in [2.24, 2.45) is 0 Å². The second kappa shape index (κ2) is 5.01. The van der Waals surface area contributed by atoms with Crippen molar-refractivity contribution in [3.63, 3.8) is 0 Å². The van der Waals surface area contributed by atoms with Gasteiger partial charge in [0.05, 0.1) is 12.4 Å². The van der Waals surface area contributed by atoms with Crippen LogP contribution in [0, 0.1) is 0 Å². The lowest BCUT2D eigenvalue weighted by molar-refractivity contribution is -0.141. The van der Waals surface area contributed by atoms with Crippen LogP contribution < -0.4 is 5.32 Å². The topological polar surface area (TPSA) is 67.8 Å². The molecule has 0 bridgehead atoms. The van der Waals surface area contributed by atoms with Crippen molar-refractivity contribution in [2.45, 2.75) is 6.18 Å². The second-order valence-corrected chi connectivity index (χ2v) is 3.47. The Balaban J connectivity index is 2.12. The highest BCUT2D eigenvalue weighted by Gasteiger charge is 2.32. The molecule has 1 amide bonds. The molecule has 1 N–H and O–H groups in total. The van der Waals surface area contributed by atoms with E-state index in [1.165, 1.54) is 24.5 Å². The average molecular weight is 268 g/mol. The average Bonchev–Trinajstić information content (AvgIpc) is 2.39. The van der Waals surface area contributed by atoms with Gasteiger partial charge in [-0.3, -0.25) is 9.78 Å². The molecule has 0 aromatic carbocycles. The first-order chi connectivity index (χ1) is 8.97. The number of rotatable bonds is 2. The maximum Gasteiger partial charge on any atom is 0.434 e. The normalized spacial score (nSPS) is 11.1. The van der Waals surface area contributed by atoms with Crippen LogP contribution in [0.25, 0.3) is 0 Å². The van der Waals surface area contributed by atoms with Gasteiger partial charge in [0.15, 0.2) is 5.69 Å². The molecule has 2 heterocycles. The van der Waals surface area contributed by atoms with Crippen LogP contribution >= 0.6 is 0 Å². The van der Waals surface area contributed by atoms with Gasteiger partial charge >= 0.3 is 6.18 Å². The fraction of sp³-hybridized carbons (Fsp3) is 0.0909. The third kappa shape index (κ3) is 3.24. The van der Waals surface area contributed by atoms with E-state index in [2.05, 4.69) is 20.3 Å². The van der Waals surface area contributed by atoms with Gasteiger partial charge in [0.25, 0.3) is 5.91 Å². The van der Waals surface area contributed by atoms with Gasteiger partial charge in [-0.05, 0) is 12.1 Å². The predicted octanol–water partition coefficient (Wildman–Crippen LogP) is 2.14. The summed E-state index contributed by atoms with van der Waals surface area (Å²) in [4.78, 5) is 22.0. The molecule has 0 saturated carbocycles. The molecular weight excluding hydrogens is 261 g/mol. The molecule has 2 rings (SSSR count). The Bertz CT molecular complexity index is 569. The van der Waals surface area contributed by atoms with Crippen LogP contribution in [0.4, 0.5) is 18.9 Å². The third-order valence-electron chi connectivity index (χ3n) is 2.11. The van der Waals surface area contributed by atoms with Crippen molar-refractivity contribution in [1.82, 2.24) is 15.0 Å². The molecule has 0 saturated heterocycles. The van der Waals surface area contributed by atoms with Crippen LogP contribution in [-0.4, -0.2) is 20.9 Å². The van der Waals surface area contributed by atoms with Gasteiger partial charge in [-0.1, -0.05) is 0 Å². The number of pyridine rings is 1. The first-order valence-corrected chi connectivity index (χ1v) is 5.07. The number of amides is 1. The Morgan fingerprint density at radius 2 is 1.79 bits per heavy atom. The van der Waals surface area contributed by atoms with Gasteiger partial charge in [0.2, 0.25) is 0 Å². The van der Waals surface area contributed by atoms with Gasteiger partial charge < -0.3 is 5.32 Å². The van der Waals surface area contributed by atoms with E-state index in [4.69, 9.17) is 0 Å². The lowest BCUT2D eigenvalue weighted by Gasteiger charge is -2.06. The fourth-order valence-electron chi connectivity index (χ4n) is 1.22. The summed E-state index contributed by atoms with van der Waals surface area (Å²) in [5, 5.41) is 2.45. The molecule has 2 aromatic rings. The molecule has 0 unspecified atom stereocenters. The summed E-state index contributed by atoms with van der Waals surface area (Å²) < 4.78 is 36.8. The summed E-state index contributed by atoms with van der Waals surface area (Å²) >= 11 is 0. The monoisotopic (exact) mass is 268 g/mol. The van der Waals surface area contributed by atoms with E-state index in [1.807, 2.05) is 0 Å². The third-order valence-corrected chi connectivity index (χ3v) is 2.11. The van der Waals surface area contributed by atoms with Crippen LogP contribution in [0.15, 0.2) is 36.9 Å². The minimum Gasteiger partial charge on any atom is -0.320 e. The van der Waals surface area contributed by atoms with Gasteiger partial charge in [0.1, 0.15) is 5.69 Å². The van der Waals surface area contributed by atoms with Crippen molar-refractivity contribution in [3.8, 4) is 0 Å². The van der Waals surface area contributed by atoms with E-state index in [1.54, 1.807) is 0 Å². The van der Waals surface area contributed by atoms with E-state index in [9.17, 15) is 18.0 Å². The van der Waals surface area contributed by atoms with Crippen molar-refractivity contribution in [2.75, 3.05) is 5.32 Å². The Labute approximate surface area is 105 Å². The van der Waals surface area contributed by atoms with E-state index in [-0.39, 0.29) is 5.69 Å². The Kier molecular flexibility index (Phi) is 3.41. The molecule has 0 aliphatic heterocycles. The molecular formula is C11H7F3N4O. The lowest BCUT2D eigenvalue weighted by Crippen LogP contribution is -2.16. The van der Waals surface area contributed by atoms with Crippen LogP contribution in [0.1, 0.15) is 16.2 Å². The summed E-state index contributed by atoms with van der Waals surface area (Å²) in [6.45, 7) is 0. The minimum absolute atomic E-state index is 0.204. The highest BCUT2D eigenvalue weighted by atomic mass is 19.4. The van der Waals surface area contributed by atoms with Crippen LogP contribution in [-0.2, 0) is 6.18 Å². The number of aromatic nitrogens is 3. The molecule has 0 atom stereocenters. The smallest absolute Gasteiger partial charge is 0.320 e. The number of anilines is 1. The molecule has 0 radical (unpaired) electrons. The molecule has 0 aliphatic rings. The Morgan fingerprint density at radius 3 is 2.32 bits per heavy atom. The van der Waals surface area contributed by atoms with Crippen LogP contribution in [0.3, 0.4) is 0 Å². The molecule has 0 aliphatic carbocycles. The highest BCUT2D eigenvalue weighted by molar-refractivity contribution is 6.02. The van der Waals surface area contributed by atoms with Crippen LogP contribution in [0.5, 0.6) is 0 Å². The van der Waals surface area contributed by atoms with E-state index < -0.39 is 17.8 Å². The first-order valence-electron chi connectivity index (χ1n) is 5.07. The zero-order valence-electron chi connectivity index (χ0n) is 9.35. The molecule has 0 fully saturated rings. The van der Waals surface area contributed by atoms with Crippen molar-refractivity contribution < 1.29 is 18.0 Å². The summed E-state index contributed by atoms with van der Waals surface area (Å²) in [7, 11) is 0. The number of carbonyl (C=O) groups excluding carboxylic acids is 1. The molecule has 19 heavy (non-hydrogen) atoms. The maximum atomic E-state index is 12.3. The Hall–Kier alpha value is -2.51. The van der Waals surface area contributed by atoms with Crippen molar-refractivity contribution in [1.29, 1.82) is 0 Å². The summed E-state index contributed by atoms with van der Waals surface area (Å²) in [5.41, 5.74) is -0.889. The van der Waals surface area contributed by atoms with Crippen molar-refractivity contribution in [3.05, 3.63) is 48.3 Å². The number of halogens is 3. The van der Waals surface area contributed by atoms with Crippen molar-refractivity contribution >= 4 is 11.6 Å². The molecule has 98 valence electrons. The summed E-state index contributed by atoms with van der Waals surface area (Å²) in [5.74, 6) is -0.646. The number of nitrogens with one attached hydrogen (secondary N) is 1. The van der Waals surface area contributed by atoms with Gasteiger partial charge in [-0.2, -0.15) is 13.2 Å². The maximum absolute atomic E-state index is 12.3. The fourth-order valence-corrected chi connectivity index (χ4v) is 1.22. The van der Waals surface area contributed by atoms with E-state index in [0.29, 0.717) is 11.9 Å². The van der Waals surface area contributed by atoms with E-state index in [0.717, 1.165) is 6.20 Å². The molecule has 8 heteroatoms. The van der Waals surface area contributed by atoms with Gasteiger partial charge in [0, 0.05) is 18.1 Å². The first kappa shape index (κ1) is 12.9. The Morgan fingerprint density at radius 1 is 1.11 bits per heavy atom. The second-order valence-electron chi connectivity index (χ2n) is 3.47. The molecule has 2 aromatic heterocycles. The minimum atomic E-state index is -4.58. The predicted molar refractivity (Wildman–Crippen MR) is 59.2 cm³/mol. The zero-order valence-corrected chi connectivity index (χ0v) is 9.35.